The molecule has 1 N–H and O–H groups in total. The molecule has 2 rings (SSSR count). The van der Waals surface area contributed by atoms with Crippen LogP contribution in [0.1, 0.15) is 25.7 Å². The van der Waals surface area contributed by atoms with Crippen molar-refractivity contribution in [3.8, 4) is 0 Å². The van der Waals surface area contributed by atoms with Gasteiger partial charge in [0.15, 0.2) is 0 Å². The van der Waals surface area contributed by atoms with Gasteiger partial charge in [-0.2, -0.15) is 5.10 Å². The smallest absolute Gasteiger partial charge is 0.0518 e. The van der Waals surface area contributed by atoms with Crippen LogP contribution in [-0.4, -0.2) is 12.3 Å². The van der Waals surface area contributed by atoms with E-state index in [-0.39, 0.29) is 0 Å². The Morgan fingerprint density at radius 1 is 1.33 bits per heavy atom. The minimum Gasteiger partial charge on any atom is -0.307 e. The molecule has 1 heterocycles. The fourth-order valence-corrected chi connectivity index (χ4v) is 1.73. The highest BCUT2D eigenvalue weighted by atomic mass is 15.3. The van der Waals surface area contributed by atoms with E-state index in [1.807, 2.05) is 0 Å². The second-order valence-electron chi connectivity index (χ2n) is 2.96. The Bertz CT molecular complexity index is 131. The molecule has 2 unspecified atom stereocenters. The van der Waals surface area contributed by atoms with Gasteiger partial charge in [-0.25, -0.2) is 0 Å². The molecule has 0 bridgehead atoms. The van der Waals surface area contributed by atoms with E-state index in [0.717, 1.165) is 5.92 Å². The van der Waals surface area contributed by atoms with Gasteiger partial charge in [0, 0.05) is 12.1 Å². The highest BCUT2D eigenvalue weighted by Crippen LogP contribution is 2.25. The Kier molecular flexibility index (Phi) is 1.18. The third kappa shape index (κ3) is 0.824. The fourth-order valence-electron chi connectivity index (χ4n) is 1.73. The van der Waals surface area contributed by atoms with E-state index in [2.05, 4.69) is 16.7 Å². The molecule has 1 fully saturated rings. The molecule has 0 amide bonds. The van der Waals surface area contributed by atoms with Crippen LogP contribution in [0.15, 0.2) is 5.10 Å². The molecule has 1 saturated carbocycles. The van der Waals surface area contributed by atoms with Gasteiger partial charge >= 0.3 is 0 Å². The Morgan fingerprint density at radius 2 is 2.22 bits per heavy atom. The van der Waals surface area contributed by atoms with Gasteiger partial charge in [-0.1, -0.05) is 12.8 Å². The van der Waals surface area contributed by atoms with Gasteiger partial charge < -0.3 is 5.43 Å². The predicted octanol–water partition coefficient (Wildman–Crippen LogP) is 1.13. The van der Waals surface area contributed by atoms with Crippen molar-refractivity contribution in [3.05, 3.63) is 0 Å². The number of hydrogen-bond donors (Lipinski definition) is 1. The Labute approximate surface area is 55.3 Å². The minimum absolute atomic E-state index is 0.693. The van der Waals surface area contributed by atoms with E-state index >= 15 is 0 Å². The quantitative estimate of drug-likeness (QED) is 0.514. The molecule has 1 aliphatic carbocycles. The van der Waals surface area contributed by atoms with E-state index < -0.39 is 0 Å². The maximum Gasteiger partial charge on any atom is 0.0518 e. The summed E-state index contributed by atoms with van der Waals surface area (Å²) < 4.78 is 0. The number of rotatable bonds is 0. The summed E-state index contributed by atoms with van der Waals surface area (Å²) in [6.45, 7) is 0. The summed E-state index contributed by atoms with van der Waals surface area (Å²) in [7, 11) is 0. The number of nitrogens with one attached hydrogen (secondary N) is 1. The number of hydrogen-bond acceptors (Lipinski definition) is 2. The second kappa shape index (κ2) is 2.01. The molecule has 0 aromatic carbocycles. The SMILES string of the molecule is C1=NNC2CCCCC12. The summed E-state index contributed by atoms with van der Waals surface area (Å²) in [6.07, 6.45) is 7.53. The average Bonchev–Trinajstić information content (AvgIpc) is 2.33. The summed E-state index contributed by atoms with van der Waals surface area (Å²) in [5.41, 5.74) is 3.13. The van der Waals surface area contributed by atoms with Gasteiger partial charge in [0.05, 0.1) is 6.04 Å². The zero-order chi connectivity index (χ0) is 6.10. The summed E-state index contributed by atoms with van der Waals surface area (Å²) in [4.78, 5) is 0. The molecule has 9 heavy (non-hydrogen) atoms. The molecule has 0 aromatic rings. The van der Waals surface area contributed by atoms with E-state index in [4.69, 9.17) is 0 Å². The number of hydrazone groups is 1. The van der Waals surface area contributed by atoms with E-state index in [9.17, 15) is 0 Å². The fraction of sp³-hybridized carbons (Fsp3) is 0.857. The molecule has 2 heteroatoms. The van der Waals surface area contributed by atoms with Crippen molar-refractivity contribution < 1.29 is 0 Å². The summed E-state index contributed by atoms with van der Waals surface area (Å²) in [5.74, 6) is 0.763. The normalized spacial score (nSPS) is 40.0. The van der Waals surface area contributed by atoms with Gasteiger partial charge in [-0.3, -0.25) is 0 Å². The zero-order valence-electron chi connectivity index (χ0n) is 5.51. The summed E-state index contributed by atoms with van der Waals surface area (Å²) in [6, 6.07) is 0.693. The lowest BCUT2D eigenvalue weighted by molar-refractivity contribution is 0.356. The van der Waals surface area contributed by atoms with Gasteiger partial charge in [0.1, 0.15) is 0 Å². The first-order valence-electron chi connectivity index (χ1n) is 3.75. The molecule has 0 saturated heterocycles. The van der Waals surface area contributed by atoms with Crippen LogP contribution in [0.2, 0.25) is 0 Å². The second-order valence-corrected chi connectivity index (χ2v) is 2.96. The van der Waals surface area contributed by atoms with Crippen LogP contribution >= 0.6 is 0 Å². The highest BCUT2D eigenvalue weighted by Gasteiger charge is 2.26. The lowest BCUT2D eigenvalue weighted by atomic mass is 9.87. The van der Waals surface area contributed by atoms with Crippen LogP contribution < -0.4 is 5.43 Å². The maximum absolute atomic E-state index is 4.05. The molecule has 0 radical (unpaired) electrons. The highest BCUT2D eigenvalue weighted by molar-refractivity contribution is 5.63. The zero-order valence-corrected chi connectivity index (χ0v) is 5.51. The third-order valence-corrected chi connectivity index (χ3v) is 2.33. The molecule has 2 aliphatic rings. The standard InChI is InChI=1S/C7H12N2/c1-2-4-7-6(3-1)5-8-9-7/h5-7,9H,1-4H2. The van der Waals surface area contributed by atoms with Crippen LogP contribution in [0.25, 0.3) is 0 Å². The molecule has 0 spiro atoms. The Hall–Kier alpha value is -0.530. The molecular weight excluding hydrogens is 112 g/mol. The van der Waals surface area contributed by atoms with Crippen LogP contribution in [0, 0.1) is 5.92 Å². The van der Waals surface area contributed by atoms with Crippen molar-refractivity contribution in [3.63, 3.8) is 0 Å². The van der Waals surface area contributed by atoms with Gasteiger partial charge in [-0.15, -0.1) is 0 Å². The number of fused-ring (bicyclic) bond motifs is 1. The average molecular weight is 124 g/mol. The lowest BCUT2D eigenvalue weighted by Gasteiger charge is -2.22. The predicted molar refractivity (Wildman–Crippen MR) is 37.4 cm³/mol. The van der Waals surface area contributed by atoms with Crippen LogP contribution in [0.5, 0.6) is 0 Å². The van der Waals surface area contributed by atoms with E-state index in [1.165, 1.54) is 25.7 Å². The Morgan fingerprint density at radius 3 is 3.11 bits per heavy atom. The summed E-state index contributed by atoms with van der Waals surface area (Å²) >= 11 is 0. The van der Waals surface area contributed by atoms with E-state index in [1.54, 1.807) is 0 Å². The van der Waals surface area contributed by atoms with Crippen molar-refractivity contribution >= 4 is 6.21 Å². The number of nitrogens with zero attached hydrogens (tertiary/aromatic N) is 1. The maximum atomic E-state index is 4.05. The Balaban J connectivity index is 2.03. The molecule has 2 atom stereocenters. The first-order valence-corrected chi connectivity index (χ1v) is 3.75. The molecule has 1 aliphatic heterocycles. The van der Waals surface area contributed by atoms with Crippen LogP contribution in [0.3, 0.4) is 0 Å². The van der Waals surface area contributed by atoms with Crippen LogP contribution in [0.4, 0.5) is 0 Å². The summed E-state index contributed by atoms with van der Waals surface area (Å²) in [5, 5.41) is 4.05. The molecule has 50 valence electrons. The van der Waals surface area contributed by atoms with Crippen molar-refractivity contribution in [1.82, 2.24) is 5.43 Å². The van der Waals surface area contributed by atoms with Gasteiger partial charge in [0.2, 0.25) is 0 Å². The van der Waals surface area contributed by atoms with Crippen molar-refractivity contribution in [2.75, 3.05) is 0 Å². The first-order chi connectivity index (χ1) is 4.47. The third-order valence-electron chi connectivity index (χ3n) is 2.33. The van der Waals surface area contributed by atoms with Crippen molar-refractivity contribution in [2.45, 2.75) is 31.7 Å². The topological polar surface area (TPSA) is 24.4 Å². The monoisotopic (exact) mass is 124 g/mol. The largest absolute Gasteiger partial charge is 0.307 e. The van der Waals surface area contributed by atoms with Crippen molar-refractivity contribution in [1.29, 1.82) is 0 Å². The molecule has 0 aromatic heterocycles. The lowest BCUT2D eigenvalue weighted by Crippen LogP contribution is -2.30. The minimum atomic E-state index is 0.693. The molecule has 2 nitrogen and oxygen atoms in total. The molecular formula is C7H12N2. The van der Waals surface area contributed by atoms with Gasteiger partial charge in [0.25, 0.3) is 0 Å². The van der Waals surface area contributed by atoms with E-state index in [0.29, 0.717) is 6.04 Å². The van der Waals surface area contributed by atoms with Gasteiger partial charge in [-0.05, 0) is 12.8 Å². The first kappa shape index (κ1) is 5.27. The van der Waals surface area contributed by atoms with Crippen molar-refractivity contribution in [2.24, 2.45) is 11.0 Å². The van der Waals surface area contributed by atoms with Crippen LogP contribution in [-0.2, 0) is 0 Å².